The molecule has 0 unspecified atom stereocenters. The van der Waals surface area contributed by atoms with Crippen LogP contribution in [-0.4, -0.2) is 37.2 Å². The predicted molar refractivity (Wildman–Crippen MR) is 220 cm³/mol. The van der Waals surface area contributed by atoms with Gasteiger partial charge in [-0.25, -0.2) is 0 Å². The Morgan fingerprint density at radius 2 is 0.635 bits per heavy atom. The molecule has 0 aliphatic heterocycles. The Bertz CT molecular complexity index is 781. The first-order valence-corrected chi connectivity index (χ1v) is 22.9. The molecule has 6 heteroatoms. The lowest BCUT2D eigenvalue weighted by atomic mass is 10.0. The van der Waals surface area contributed by atoms with Gasteiger partial charge in [-0.3, -0.25) is 14.4 Å². The van der Waals surface area contributed by atoms with Crippen LogP contribution in [0.15, 0.2) is 0 Å². The van der Waals surface area contributed by atoms with Gasteiger partial charge in [-0.1, -0.05) is 214 Å². The molecule has 0 heterocycles. The van der Waals surface area contributed by atoms with Crippen LogP contribution in [0.2, 0.25) is 0 Å². The molecule has 1 atom stereocenters. The molecule has 0 aromatic heterocycles. The quantitative estimate of drug-likeness (QED) is 0.0353. The Morgan fingerprint density at radius 3 is 0.942 bits per heavy atom. The fraction of sp³-hybridized carbons (Fsp3) is 0.935. The largest absolute Gasteiger partial charge is 0.462 e. The first-order valence-electron chi connectivity index (χ1n) is 22.9. The smallest absolute Gasteiger partial charge is 0.306 e. The summed E-state index contributed by atoms with van der Waals surface area (Å²) in [5.74, 6) is -0.0481. The van der Waals surface area contributed by atoms with Gasteiger partial charge in [-0.05, 0) is 25.2 Å². The monoisotopic (exact) mass is 737 g/mol. The molecule has 0 N–H and O–H groups in total. The number of carbonyl (C=O) groups is 3. The molecule has 0 radical (unpaired) electrons. The zero-order chi connectivity index (χ0) is 38.2. The Morgan fingerprint density at radius 1 is 0.365 bits per heavy atom. The summed E-state index contributed by atoms with van der Waals surface area (Å²) in [5.41, 5.74) is 0. The molecule has 308 valence electrons. The van der Waals surface area contributed by atoms with Crippen LogP contribution in [0, 0.1) is 5.92 Å². The van der Waals surface area contributed by atoms with E-state index in [1.165, 1.54) is 148 Å². The third-order valence-electron chi connectivity index (χ3n) is 10.3. The molecule has 0 aliphatic rings. The van der Waals surface area contributed by atoms with Crippen molar-refractivity contribution in [1.82, 2.24) is 0 Å². The van der Waals surface area contributed by atoms with Crippen molar-refractivity contribution < 1.29 is 28.6 Å². The summed E-state index contributed by atoms with van der Waals surface area (Å²) in [4.78, 5) is 37.6. The van der Waals surface area contributed by atoms with Crippen LogP contribution in [0.5, 0.6) is 0 Å². The first kappa shape index (κ1) is 50.4. The summed E-state index contributed by atoms with van der Waals surface area (Å²) in [6, 6.07) is 0. The van der Waals surface area contributed by atoms with Gasteiger partial charge >= 0.3 is 17.9 Å². The van der Waals surface area contributed by atoms with E-state index in [1.807, 2.05) is 0 Å². The lowest BCUT2D eigenvalue weighted by Gasteiger charge is -2.18. The second-order valence-electron chi connectivity index (χ2n) is 16.2. The normalized spacial score (nSPS) is 11.9. The van der Waals surface area contributed by atoms with Gasteiger partial charge in [0.1, 0.15) is 13.2 Å². The Balaban J connectivity index is 4.30. The Kier molecular flexibility index (Phi) is 39.4. The van der Waals surface area contributed by atoms with E-state index >= 15 is 0 Å². The first-order chi connectivity index (χ1) is 25.4. The molecule has 0 aliphatic carbocycles. The number of hydrogen-bond acceptors (Lipinski definition) is 6. The fourth-order valence-electron chi connectivity index (χ4n) is 6.80. The lowest BCUT2D eigenvalue weighted by Crippen LogP contribution is -2.30. The van der Waals surface area contributed by atoms with Gasteiger partial charge < -0.3 is 14.2 Å². The number of ether oxygens (including phenoxy) is 3. The molecule has 0 spiro atoms. The van der Waals surface area contributed by atoms with Crippen molar-refractivity contribution in [2.24, 2.45) is 5.92 Å². The molecule has 52 heavy (non-hydrogen) atoms. The third kappa shape index (κ3) is 39.6. The van der Waals surface area contributed by atoms with Gasteiger partial charge in [0.15, 0.2) is 6.10 Å². The third-order valence-corrected chi connectivity index (χ3v) is 10.3. The highest BCUT2D eigenvalue weighted by Crippen LogP contribution is 2.16. The Labute approximate surface area is 323 Å². The van der Waals surface area contributed by atoms with Gasteiger partial charge in [0, 0.05) is 19.3 Å². The maximum absolute atomic E-state index is 12.7. The van der Waals surface area contributed by atoms with E-state index in [9.17, 15) is 14.4 Å². The number of unbranched alkanes of at least 4 members (excludes halogenated alkanes) is 28. The second kappa shape index (κ2) is 40.6. The van der Waals surface area contributed by atoms with E-state index < -0.39 is 6.10 Å². The van der Waals surface area contributed by atoms with Crippen LogP contribution in [0.4, 0.5) is 0 Å². The number of hydrogen-bond donors (Lipinski definition) is 0. The number of esters is 3. The summed E-state index contributed by atoms with van der Waals surface area (Å²) < 4.78 is 16.7. The number of rotatable bonds is 41. The second-order valence-corrected chi connectivity index (χ2v) is 16.2. The SMILES string of the molecule is CCCCCCCCCCCCCCCC(=O)OC[C@@H](COC(=O)CCCCCCCCCCCC(C)C)OC(=O)CCCCCCCCCCC. The molecular formula is C46H88O6. The highest BCUT2D eigenvalue weighted by molar-refractivity contribution is 5.71. The highest BCUT2D eigenvalue weighted by Gasteiger charge is 2.19. The lowest BCUT2D eigenvalue weighted by molar-refractivity contribution is -0.167. The van der Waals surface area contributed by atoms with Crippen molar-refractivity contribution >= 4 is 17.9 Å². The molecule has 0 bridgehead atoms. The summed E-state index contributed by atoms with van der Waals surface area (Å²) >= 11 is 0. The average Bonchev–Trinajstić information content (AvgIpc) is 3.12. The summed E-state index contributed by atoms with van der Waals surface area (Å²) in [5, 5.41) is 0. The molecule has 6 nitrogen and oxygen atoms in total. The van der Waals surface area contributed by atoms with Crippen molar-refractivity contribution in [1.29, 1.82) is 0 Å². The van der Waals surface area contributed by atoms with E-state index in [2.05, 4.69) is 27.7 Å². The molecule has 0 fully saturated rings. The summed E-state index contributed by atoms with van der Waals surface area (Å²) in [6.07, 6.45) is 39.4. The average molecular weight is 737 g/mol. The standard InChI is InChI=1S/C46H88O6/c1-5-7-9-11-13-15-16-17-18-22-25-29-33-37-44(47)50-40-43(52-46(49)39-35-31-27-20-14-12-10-8-6-2)41-51-45(48)38-34-30-26-23-19-21-24-28-32-36-42(3)4/h42-43H,5-41H2,1-4H3/t43-/m0/s1. The van der Waals surface area contributed by atoms with E-state index in [0.29, 0.717) is 19.3 Å². The topological polar surface area (TPSA) is 78.9 Å². The van der Waals surface area contributed by atoms with E-state index in [1.54, 1.807) is 0 Å². The van der Waals surface area contributed by atoms with Gasteiger partial charge in [0.25, 0.3) is 0 Å². The molecular weight excluding hydrogens is 648 g/mol. The van der Waals surface area contributed by atoms with Gasteiger partial charge in [0.05, 0.1) is 0 Å². The van der Waals surface area contributed by atoms with Crippen LogP contribution in [0.1, 0.15) is 252 Å². The molecule has 0 rings (SSSR count). The fourth-order valence-corrected chi connectivity index (χ4v) is 6.80. The molecule has 0 aromatic carbocycles. The van der Waals surface area contributed by atoms with E-state index in [-0.39, 0.29) is 31.1 Å². The molecule has 0 saturated carbocycles. The maximum Gasteiger partial charge on any atom is 0.306 e. The van der Waals surface area contributed by atoms with Crippen molar-refractivity contribution in [3.8, 4) is 0 Å². The van der Waals surface area contributed by atoms with Gasteiger partial charge in [-0.2, -0.15) is 0 Å². The molecule has 0 aromatic rings. The molecule has 0 amide bonds. The van der Waals surface area contributed by atoms with Crippen molar-refractivity contribution in [2.45, 2.75) is 259 Å². The molecule has 0 saturated heterocycles. The predicted octanol–water partition coefficient (Wildman–Crippen LogP) is 14.3. The zero-order valence-corrected chi connectivity index (χ0v) is 35.3. The van der Waals surface area contributed by atoms with Crippen molar-refractivity contribution in [2.75, 3.05) is 13.2 Å². The van der Waals surface area contributed by atoms with E-state index in [0.717, 1.165) is 63.7 Å². The summed E-state index contributed by atoms with van der Waals surface area (Å²) in [7, 11) is 0. The minimum Gasteiger partial charge on any atom is -0.462 e. The van der Waals surface area contributed by atoms with E-state index in [4.69, 9.17) is 14.2 Å². The minimum absolute atomic E-state index is 0.0640. The number of carbonyl (C=O) groups excluding carboxylic acids is 3. The summed E-state index contributed by atoms with van der Waals surface area (Å²) in [6.45, 7) is 8.96. The van der Waals surface area contributed by atoms with Crippen molar-refractivity contribution in [3.63, 3.8) is 0 Å². The Hall–Kier alpha value is -1.59. The van der Waals surface area contributed by atoms with Crippen molar-refractivity contribution in [3.05, 3.63) is 0 Å². The van der Waals surface area contributed by atoms with Crippen LogP contribution in [-0.2, 0) is 28.6 Å². The van der Waals surface area contributed by atoms with Crippen LogP contribution in [0.25, 0.3) is 0 Å². The highest BCUT2D eigenvalue weighted by atomic mass is 16.6. The van der Waals surface area contributed by atoms with Crippen LogP contribution in [0.3, 0.4) is 0 Å². The maximum atomic E-state index is 12.7. The van der Waals surface area contributed by atoms with Gasteiger partial charge in [-0.15, -0.1) is 0 Å². The zero-order valence-electron chi connectivity index (χ0n) is 35.3. The van der Waals surface area contributed by atoms with Gasteiger partial charge in [0.2, 0.25) is 0 Å². The van der Waals surface area contributed by atoms with Crippen LogP contribution < -0.4 is 0 Å². The minimum atomic E-state index is -0.758. The van der Waals surface area contributed by atoms with Crippen LogP contribution >= 0.6 is 0 Å².